The number of benzene rings is 2. The molecular formula is C18H14F3N3OS. The second-order valence-corrected chi connectivity index (χ2v) is 6.49. The van der Waals surface area contributed by atoms with Crippen LogP contribution in [0.1, 0.15) is 15.9 Å². The van der Waals surface area contributed by atoms with Crippen molar-refractivity contribution in [2.45, 2.75) is 16.2 Å². The first-order valence-electron chi connectivity index (χ1n) is 7.57. The van der Waals surface area contributed by atoms with E-state index in [-0.39, 0.29) is 0 Å². The van der Waals surface area contributed by atoms with Gasteiger partial charge in [-0.05, 0) is 36.4 Å². The van der Waals surface area contributed by atoms with Crippen molar-refractivity contribution in [1.29, 1.82) is 0 Å². The number of imidazole rings is 1. The molecule has 0 fully saturated rings. The summed E-state index contributed by atoms with van der Waals surface area (Å²) in [6, 6.07) is 11.5. The van der Waals surface area contributed by atoms with E-state index >= 15 is 0 Å². The summed E-state index contributed by atoms with van der Waals surface area (Å²) in [5.41, 5.74) is -0.956. The van der Waals surface area contributed by atoms with Gasteiger partial charge in [-0.25, -0.2) is 4.98 Å². The maximum absolute atomic E-state index is 13.0. The van der Waals surface area contributed by atoms with Crippen molar-refractivity contribution in [1.82, 2.24) is 9.55 Å². The highest BCUT2D eigenvalue weighted by atomic mass is 32.2. The van der Waals surface area contributed by atoms with Gasteiger partial charge in [0.1, 0.15) is 0 Å². The quantitative estimate of drug-likeness (QED) is 0.708. The fourth-order valence-electron chi connectivity index (χ4n) is 2.29. The molecule has 0 aliphatic rings. The molecule has 0 aliphatic carbocycles. The fraction of sp³-hybridized carbons (Fsp3) is 0.111. The van der Waals surface area contributed by atoms with E-state index in [0.717, 1.165) is 22.2 Å². The summed E-state index contributed by atoms with van der Waals surface area (Å²) in [7, 11) is 1.88. The highest BCUT2D eigenvalue weighted by molar-refractivity contribution is 7.99. The Kier molecular flexibility index (Phi) is 5.03. The summed E-state index contributed by atoms with van der Waals surface area (Å²) in [6.45, 7) is 0. The maximum Gasteiger partial charge on any atom is 0.417 e. The van der Waals surface area contributed by atoms with Gasteiger partial charge in [-0.15, -0.1) is 0 Å². The third-order valence-electron chi connectivity index (χ3n) is 3.58. The van der Waals surface area contributed by atoms with Crippen molar-refractivity contribution in [2.75, 3.05) is 5.32 Å². The fourth-order valence-corrected chi connectivity index (χ4v) is 3.09. The molecule has 0 saturated carbocycles. The highest BCUT2D eigenvalue weighted by Gasteiger charge is 2.34. The van der Waals surface area contributed by atoms with Crippen molar-refractivity contribution in [3.05, 3.63) is 72.1 Å². The number of amides is 1. The van der Waals surface area contributed by atoms with Crippen molar-refractivity contribution >= 4 is 23.4 Å². The summed E-state index contributed by atoms with van der Waals surface area (Å²) in [5, 5.41) is 3.31. The third kappa shape index (κ3) is 4.08. The van der Waals surface area contributed by atoms with Crippen LogP contribution in [0.25, 0.3) is 0 Å². The largest absolute Gasteiger partial charge is 0.417 e. The van der Waals surface area contributed by atoms with Crippen LogP contribution >= 0.6 is 11.8 Å². The van der Waals surface area contributed by atoms with Gasteiger partial charge in [-0.3, -0.25) is 4.79 Å². The number of nitrogens with one attached hydrogen (secondary N) is 1. The molecule has 134 valence electrons. The molecule has 0 aliphatic heterocycles. The molecule has 26 heavy (non-hydrogen) atoms. The summed E-state index contributed by atoms with van der Waals surface area (Å²) in [6.07, 6.45) is -1.07. The SMILES string of the molecule is Cn1ccnc1Sc1ccc(NC(=O)c2ccccc2C(F)(F)F)cc1. The van der Waals surface area contributed by atoms with Crippen molar-refractivity contribution in [2.24, 2.45) is 7.05 Å². The first kappa shape index (κ1) is 18.1. The molecule has 0 bridgehead atoms. The van der Waals surface area contributed by atoms with Gasteiger partial charge in [0.25, 0.3) is 5.91 Å². The van der Waals surface area contributed by atoms with Crippen LogP contribution in [0.2, 0.25) is 0 Å². The molecule has 1 heterocycles. The number of rotatable bonds is 4. The van der Waals surface area contributed by atoms with E-state index in [9.17, 15) is 18.0 Å². The average molecular weight is 377 g/mol. The normalized spacial score (nSPS) is 11.4. The number of carbonyl (C=O) groups is 1. The van der Waals surface area contributed by atoms with Crippen LogP contribution in [0.4, 0.5) is 18.9 Å². The van der Waals surface area contributed by atoms with E-state index < -0.39 is 23.2 Å². The first-order chi connectivity index (χ1) is 12.3. The molecule has 8 heteroatoms. The smallest absolute Gasteiger partial charge is 0.329 e. The zero-order valence-corrected chi connectivity index (χ0v) is 14.4. The van der Waals surface area contributed by atoms with Crippen LogP contribution in [0, 0.1) is 0 Å². The van der Waals surface area contributed by atoms with Gasteiger partial charge in [0.15, 0.2) is 5.16 Å². The minimum atomic E-state index is -4.59. The number of hydrogen-bond donors (Lipinski definition) is 1. The van der Waals surface area contributed by atoms with Crippen LogP contribution in [0.15, 0.2) is 71.0 Å². The average Bonchev–Trinajstić information content (AvgIpc) is 3.01. The zero-order chi connectivity index (χ0) is 18.7. The Morgan fingerprint density at radius 1 is 1.12 bits per heavy atom. The number of hydrogen-bond acceptors (Lipinski definition) is 3. The van der Waals surface area contributed by atoms with E-state index in [1.807, 2.05) is 17.8 Å². The molecule has 0 saturated heterocycles. The molecule has 2 aromatic carbocycles. The van der Waals surface area contributed by atoms with Crippen molar-refractivity contribution < 1.29 is 18.0 Å². The topological polar surface area (TPSA) is 46.9 Å². The standard InChI is InChI=1S/C18H14F3N3OS/c1-24-11-10-22-17(24)26-13-8-6-12(7-9-13)23-16(25)14-4-2-3-5-15(14)18(19,20)21/h2-11H,1H3,(H,23,25). The minimum Gasteiger partial charge on any atom is -0.329 e. The van der Waals surface area contributed by atoms with Crippen LogP contribution in [-0.4, -0.2) is 15.5 Å². The van der Waals surface area contributed by atoms with Gasteiger partial charge in [0.05, 0.1) is 11.1 Å². The van der Waals surface area contributed by atoms with Crippen molar-refractivity contribution in [3.63, 3.8) is 0 Å². The second-order valence-electron chi connectivity index (χ2n) is 5.44. The van der Waals surface area contributed by atoms with Crippen LogP contribution in [0.3, 0.4) is 0 Å². The molecule has 1 N–H and O–H groups in total. The molecule has 3 aromatic rings. The molecule has 0 atom stereocenters. The number of aromatic nitrogens is 2. The molecule has 1 aromatic heterocycles. The molecule has 3 rings (SSSR count). The maximum atomic E-state index is 13.0. The molecule has 4 nitrogen and oxygen atoms in total. The molecule has 0 radical (unpaired) electrons. The van der Waals surface area contributed by atoms with E-state index in [0.29, 0.717) is 5.69 Å². The Labute approximate surface area is 152 Å². The van der Waals surface area contributed by atoms with Crippen LogP contribution in [-0.2, 0) is 13.2 Å². The van der Waals surface area contributed by atoms with E-state index in [4.69, 9.17) is 0 Å². The molecule has 1 amide bonds. The number of alkyl halides is 3. The number of halogens is 3. The Balaban J connectivity index is 1.74. The van der Waals surface area contributed by atoms with Gasteiger partial charge in [0.2, 0.25) is 0 Å². The Morgan fingerprint density at radius 3 is 2.42 bits per heavy atom. The Bertz CT molecular complexity index is 920. The predicted octanol–water partition coefficient (Wildman–Crippen LogP) is 4.84. The van der Waals surface area contributed by atoms with Crippen LogP contribution < -0.4 is 5.32 Å². The highest BCUT2D eigenvalue weighted by Crippen LogP contribution is 2.32. The van der Waals surface area contributed by atoms with E-state index in [2.05, 4.69) is 10.3 Å². The lowest BCUT2D eigenvalue weighted by Gasteiger charge is -2.12. The molecular weight excluding hydrogens is 363 g/mol. The monoisotopic (exact) mass is 377 g/mol. The minimum absolute atomic E-state index is 0.411. The summed E-state index contributed by atoms with van der Waals surface area (Å²) < 4.78 is 40.9. The van der Waals surface area contributed by atoms with Crippen LogP contribution in [0.5, 0.6) is 0 Å². The lowest BCUT2D eigenvalue weighted by Crippen LogP contribution is -2.18. The van der Waals surface area contributed by atoms with E-state index in [1.54, 1.807) is 30.5 Å². The lowest BCUT2D eigenvalue weighted by atomic mass is 10.1. The Morgan fingerprint density at radius 2 is 1.81 bits per heavy atom. The van der Waals surface area contributed by atoms with E-state index in [1.165, 1.54) is 23.9 Å². The third-order valence-corrected chi connectivity index (χ3v) is 4.66. The number of anilines is 1. The van der Waals surface area contributed by atoms with Gasteiger partial charge in [0, 0.05) is 30.0 Å². The zero-order valence-electron chi connectivity index (χ0n) is 13.6. The van der Waals surface area contributed by atoms with Gasteiger partial charge in [-0.1, -0.05) is 23.9 Å². The van der Waals surface area contributed by atoms with Gasteiger partial charge in [-0.2, -0.15) is 13.2 Å². The first-order valence-corrected chi connectivity index (χ1v) is 8.39. The number of aryl methyl sites for hydroxylation is 1. The number of nitrogens with zero attached hydrogens (tertiary/aromatic N) is 2. The van der Waals surface area contributed by atoms with Gasteiger partial charge >= 0.3 is 6.18 Å². The summed E-state index contributed by atoms with van der Waals surface area (Å²) in [5.74, 6) is -0.803. The van der Waals surface area contributed by atoms with Gasteiger partial charge < -0.3 is 9.88 Å². The summed E-state index contributed by atoms with van der Waals surface area (Å²) in [4.78, 5) is 17.3. The second kappa shape index (κ2) is 7.25. The Hall–Kier alpha value is -2.74. The molecule has 0 unspecified atom stereocenters. The van der Waals surface area contributed by atoms with Crippen molar-refractivity contribution in [3.8, 4) is 0 Å². The lowest BCUT2D eigenvalue weighted by molar-refractivity contribution is -0.137. The predicted molar refractivity (Wildman–Crippen MR) is 93.2 cm³/mol. The summed E-state index contributed by atoms with van der Waals surface area (Å²) >= 11 is 1.44. The number of carbonyl (C=O) groups excluding carboxylic acids is 1. The molecule has 0 spiro atoms.